The molecule has 144 valence electrons. The molecule has 1 rings (SSSR count). The Morgan fingerprint density at radius 1 is 1.40 bits per heavy atom. The molecule has 0 radical (unpaired) electrons. The maximum absolute atomic E-state index is 11.8. The molecule has 1 amide bonds. The van der Waals surface area contributed by atoms with E-state index in [0.29, 0.717) is 13.0 Å². The van der Waals surface area contributed by atoms with Crippen LogP contribution in [0.1, 0.15) is 51.9 Å². The van der Waals surface area contributed by atoms with Crippen LogP contribution < -0.4 is 68.2 Å². The Labute approximate surface area is 203 Å². The van der Waals surface area contributed by atoms with E-state index < -0.39 is 12.0 Å². The van der Waals surface area contributed by atoms with Gasteiger partial charge in [0.15, 0.2) is 0 Å². The average molecular weight is 421 g/mol. The zero-order valence-corrected chi connectivity index (χ0v) is 20.5. The quantitative estimate of drug-likeness (QED) is 0.165. The smallest absolute Gasteiger partial charge is 0.677 e. The van der Waals surface area contributed by atoms with Gasteiger partial charge in [0.1, 0.15) is 0 Å². The number of nitrogens with two attached hydrogens (primary N) is 2. The molecule has 0 aromatic heterocycles. The summed E-state index contributed by atoms with van der Waals surface area (Å²) in [6.07, 6.45) is 8.26. The third kappa shape index (κ3) is 23.1. The number of hydrogen-bond acceptors (Lipinski definition) is 6. The first-order chi connectivity index (χ1) is 11.3. The number of carbonyl (C=O) groups excluding carboxylic acids is 1. The summed E-state index contributed by atoms with van der Waals surface area (Å²) in [5.74, 6) is -0.894. The molecular formula is C15H33KN4O3S2. The summed E-state index contributed by atoms with van der Waals surface area (Å²) in [4.78, 5) is 20.8. The van der Waals surface area contributed by atoms with E-state index in [1.165, 1.54) is 10.8 Å². The standard InChI is InChI=1S/C12H25N4O.C2H4O2.CH4S2.K/c13-7-2-1-6-11(15)12(17)16-10-5-3-4-9(14)8-10;1-2(3)4;1-3-2;/h9-11,13H,1-8,14-15H2,(H,16,17);1H3,(H,3,4);2H,1H3;/q-1;;;+1/t9?,10?,11-;;;/m0.../s1. The van der Waals surface area contributed by atoms with Gasteiger partial charge >= 0.3 is 51.4 Å². The number of rotatable bonds is 6. The van der Waals surface area contributed by atoms with Gasteiger partial charge in [0, 0.05) is 19.0 Å². The van der Waals surface area contributed by atoms with Crippen molar-refractivity contribution in [2.45, 2.75) is 70.0 Å². The van der Waals surface area contributed by atoms with Crippen molar-refractivity contribution in [3.05, 3.63) is 5.73 Å². The Morgan fingerprint density at radius 3 is 2.36 bits per heavy atom. The van der Waals surface area contributed by atoms with Crippen molar-refractivity contribution in [3.8, 4) is 0 Å². The Kier molecular flexibility index (Phi) is 26.5. The molecule has 0 spiro atoms. The van der Waals surface area contributed by atoms with Crippen molar-refractivity contribution in [3.63, 3.8) is 0 Å². The maximum Gasteiger partial charge on any atom is 1.00 e. The first-order valence-corrected chi connectivity index (χ1v) is 10.4. The minimum absolute atomic E-state index is 0. The normalized spacial score (nSPS) is 19.8. The van der Waals surface area contributed by atoms with Gasteiger partial charge in [0.05, 0.1) is 6.04 Å². The first-order valence-electron chi connectivity index (χ1n) is 8.11. The molecule has 1 aliphatic carbocycles. The summed E-state index contributed by atoms with van der Waals surface area (Å²) < 4.78 is 0. The summed E-state index contributed by atoms with van der Waals surface area (Å²) >= 11 is 3.71. The zero-order chi connectivity index (χ0) is 19.0. The second-order valence-electron chi connectivity index (χ2n) is 5.69. The van der Waals surface area contributed by atoms with E-state index >= 15 is 0 Å². The molecule has 0 heterocycles. The van der Waals surface area contributed by atoms with E-state index in [-0.39, 0.29) is 69.4 Å². The molecule has 2 unspecified atom stereocenters. The van der Waals surface area contributed by atoms with Gasteiger partial charge < -0.3 is 27.6 Å². The predicted octanol–water partition coefficient (Wildman–Crippen LogP) is -0.789. The van der Waals surface area contributed by atoms with Gasteiger partial charge in [0.25, 0.3) is 5.97 Å². The molecule has 0 aromatic rings. The van der Waals surface area contributed by atoms with E-state index in [2.05, 4.69) is 17.0 Å². The van der Waals surface area contributed by atoms with Crippen molar-refractivity contribution >= 4 is 34.3 Å². The van der Waals surface area contributed by atoms with Crippen LogP contribution in [0.5, 0.6) is 0 Å². The second-order valence-corrected chi connectivity index (χ2v) is 7.15. The fraction of sp³-hybridized carbons (Fsp3) is 0.867. The van der Waals surface area contributed by atoms with Crippen LogP contribution in [0.25, 0.3) is 5.73 Å². The number of thiol groups is 1. The van der Waals surface area contributed by atoms with Crippen molar-refractivity contribution < 1.29 is 66.1 Å². The Morgan fingerprint density at radius 2 is 1.92 bits per heavy atom. The molecule has 25 heavy (non-hydrogen) atoms. The SMILES string of the molecule is CC(=O)O.CSS.[K+].[NH-]CCCC[C@H](N)C(=O)NC1CCCC(N)C1. The van der Waals surface area contributed by atoms with Crippen molar-refractivity contribution in [2.24, 2.45) is 11.5 Å². The summed E-state index contributed by atoms with van der Waals surface area (Å²) in [5.41, 5.74) is 18.7. The van der Waals surface area contributed by atoms with E-state index in [1.54, 1.807) is 0 Å². The molecular weight excluding hydrogens is 387 g/mol. The summed E-state index contributed by atoms with van der Waals surface area (Å²) in [6, 6.07) is -0.0123. The topological polar surface area (TPSA) is 142 Å². The van der Waals surface area contributed by atoms with E-state index in [0.717, 1.165) is 45.4 Å². The molecule has 0 saturated heterocycles. The van der Waals surface area contributed by atoms with Crippen LogP contribution in [0.3, 0.4) is 0 Å². The van der Waals surface area contributed by atoms with Gasteiger partial charge in [-0.25, -0.2) is 0 Å². The third-order valence-electron chi connectivity index (χ3n) is 3.34. The van der Waals surface area contributed by atoms with Gasteiger partial charge in [-0.3, -0.25) is 9.59 Å². The largest absolute Gasteiger partial charge is 1.00 e. The molecule has 3 atom stereocenters. The van der Waals surface area contributed by atoms with E-state index in [1.807, 2.05) is 6.26 Å². The number of carboxylic acid groups (broad SMARTS) is 1. The van der Waals surface area contributed by atoms with Crippen LogP contribution in [-0.4, -0.2) is 47.9 Å². The summed E-state index contributed by atoms with van der Waals surface area (Å²) in [6.45, 7) is 1.49. The fourth-order valence-electron chi connectivity index (χ4n) is 2.29. The number of hydrogen-bond donors (Lipinski definition) is 5. The van der Waals surface area contributed by atoms with Crippen molar-refractivity contribution in [1.82, 2.24) is 5.32 Å². The minimum Gasteiger partial charge on any atom is -0.677 e. The van der Waals surface area contributed by atoms with Gasteiger partial charge in [0.2, 0.25) is 5.91 Å². The number of unbranched alkanes of at least 4 members (excludes halogenated alkanes) is 1. The van der Waals surface area contributed by atoms with Crippen LogP contribution in [0, 0.1) is 0 Å². The Bertz CT molecular complexity index is 338. The monoisotopic (exact) mass is 420 g/mol. The van der Waals surface area contributed by atoms with E-state index in [4.69, 9.17) is 27.1 Å². The van der Waals surface area contributed by atoms with Crippen molar-refractivity contribution in [2.75, 3.05) is 12.8 Å². The minimum atomic E-state index is -0.833. The zero-order valence-electron chi connectivity index (χ0n) is 15.7. The summed E-state index contributed by atoms with van der Waals surface area (Å²) in [7, 11) is 1.44. The molecule has 0 aliphatic heterocycles. The predicted molar refractivity (Wildman–Crippen MR) is 105 cm³/mol. The molecule has 10 heteroatoms. The van der Waals surface area contributed by atoms with Crippen LogP contribution in [0.15, 0.2) is 0 Å². The Hall–Kier alpha value is 1.16. The van der Waals surface area contributed by atoms with Gasteiger partial charge in [-0.15, -0.1) is 22.5 Å². The second kappa shape index (κ2) is 21.5. The number of nitrogens with one attached hydrogen (secondary N) is 2. The van der Waals surface area contributed by atoms with Crippen LogP contribution in [0.2, 0.25) is 0 Å². The van der Waals surface area contributed by atoms with Gasteiger partial charge in [-0.1, -0.05) is 12.8 Å². The number of aliphatic carboxylic acids is 1. The molecule has 0 bridgehead atoms. The average Bonchev–Trinajstić information content (AvgIpc) is 2.47. The first kappa shape index (κ1) is 30.9. The maximum atomic E-state index is 11.8. The summed E-state index contributed by atoms with van der Waals surface area (Å²) in [5, 5.41) is 10.4. The molecule has 1 aliphatic rings. The fourth-order valence-corrected chi connectivity index (χ4v) is 2.29. The van der Waals surface area contributed by atoms with Crippen molar-refractivity contribution in [1.29, 1.82) is 0 Å². The van der Waals surface area contributed by atoms with Crippen LogP contribution >= 0.6 is 22.5 Å². The molecule has 7 N–H and O–H groups in total. The molecule has 1 saturated carbocycles. The van der Waals surface area contributed by atoms with Crippen LogP contribution in [0.4, 0.5) is 0 Å². The number of carboxylic acids is 1. The van der Waals surface area contributed by atoms with Crippen LogP contribution in [-0.2, 0) is 9.59 Å². The van der Waals surface area contributed by atoms with Gasteiger partial charge in [-0.05, 0) is 38.4 Å². The third-order valence-corrected chi connectivity index (χ3v) is 3.34. The van der Waals surface area contributed by atoms with E-state index in [9.17, 15) is 4.79 Å². The number of amides is 1. The molecule has 1 fully saturated rings. The molecule has 0 aromatic carbocycles. The number of carbonyl (C=O) groups is 2. The molecule has 7 nitrogen and oxygen atoms in total. The Balaban J connectivity index is -0.000000519. The van der Waals surface area contributed by atoms with Gasteiger partial charge in [-0.2, -0.15) is 6.54 Å².